The number of nitrogens with one attached hydrogen (secondary N) is 1. The van der Waals surface area contributed by atoms with Gasteiger partial charge in [0.2, 0.25) is 0 Å². The third kappa shape index (κ3) is 6.18. The summed E-state index contributed by atoms with van der Waals surface area (Å²) in [7, 11) is 0. The number of hydrogen-bond acceptors (Lipinski definition) is 6. The van der Waals surface area contributed by atoms with Crippen LogP contribution in [-0.4, -0.2) is 63.9 Å². The molecule has 3 aromatic heterocycles. The number of nitrogens with zero attached hydrogens (tertiary/aromatic N) is 4. The largest absolute Gasteiger partial charge is 0.460 e. The van der Waals surface area contributed by atoms with Crippen molar-refractivity contribution >= 4 is 22.8 Å². The molecule has 7 nitrogen and oxygen atoms in total. The zero-order valence-electron chi connectivity index (χ0n) is 20.0. The number of amides is 1. The Kier molecular flexibility index (Phi) is 7.47. The van der Waals surface area contributed by atoms with Crippen molar-refractivity contribution in [1.29, 1.82) is 0 Å². The first kappa shape index (κ1) is 25.0. The molecule has 0 saturated heterocycles. The van der Waals surface area contributed by atoms with E-state index in [1.807, 2.05) is 24.4 Å². The summed E-state index contributed by atoms with van der Waals surface area (Å²) in [5.74, 6) is 0.588. The van der Waals surface area contributed by atoms with E-state index in [1.54, 1.807) is 10.7 Å². The lowest BCUT2D eigenvalue weighted by atomic mass is 9.84. The number of thiazole rings is 1. The van der Waals surface area contributed by atoms with Crippen molar-refractivity contribution in [2.45, 2.75) is 57.2 Å². The highest BCUT2D eigenvalue weighted by molar-refractivity contribution is 7.13. The van der Waals surface area contributed by atoms with Crippen LogP contribution in [0, 0.1) is 5.92 Å². The molecular formula is C25H30F3N5O2S. The SMILES string of the molecule is O=C(NC1CCC(CCN2CCc3nc(OCC(F)(F)F)sc3CC2)CC1)c1cnn2ccccc12. The van der Waals surface area contributed by atoms with Crippen LogP contribution in [0.1, 0.15) is 53.0 Å². The average Bonchev–Trinajstić information content (AvgIpc) is 3.42. The summed E-state index contributed by atoms with van der Waals surface area (Å²) in [6.07, 6.45) is 5.94. The van der Waals surface area contributed by atoms with Crippen molar-refractivity contribution in [3.8, 4) is 5.19 Å². The molecule has 4 heterocycles. The van der Waals surface area contributed by atoms with Crippen LogP contribution in [0.15, 0.2) is 30.6 Å². The van der Waals surface area contributed by atoms with Crippen molar-refractivity contribution in [2.24, 2.45) is 5.92 Å². The third-order valence-corrected chi connectivity index (χ3v) is 8.21. The Morgan fingerprint density at radius 2 is 1.97 bits per heavy atom. The molecule has 1 amide bonds. The zero-order chi connectivity index (χ0) is 25.1. The normalized spacial score (nSPS) is 21.2. The van der Waals surface area contributed by atoms with Gasteiger partial charge in [-0.3, -0.25) is 4.79 Å². The molecule has 5 rings (SSSR count). The van der Waals surface area contributed by atoms with Crippen molar-refractivity contribution in [1.82, 2.24) is 24.8 Å². The van der Waals surface area contributed by atoms with Crippen LogP contribution in [-0.2, 0) is 12.8 Å². The number of alkyl halides is 3. The molecule has 194 valence electrons. The molecule has 0 radical (unpaired) electrons. The van der Waals surface area contributed by atoms with Gasteiger partial charge in [-0.05, 0) is 63.1 Å². The van der Waals surface area contributed by atoms with Crippen molar-refractivity contribution in [3.05, 3.63) is 46.7 Å². The minimum atomic E-state index is -4.35. The summed E-state index contributed by atoms with van der Waals surface area (Å²) in [6, 6.07) is 5.89. The Bertz CT molecular complexity index is 1160. The Morgan fingerprint density at radius 3 is 2.78 bits per heavy atom. The van der Waals surface area contributed by atoms with Gasteiger partial charge in [0.05, 0.1) is 23.0 Å². The van der Waals surface area contributed by atoms with Crippen LogP contribution >= 0.6 is 11.3 Å². The number of fused-ring (bicyclic) bond motifs is 2. The van der Waals surface area contributed by atoms with E-state index in [4.69, 9.17) is 4.74 Å². The monoisotopic (exact) mass is 521 g/mol. The Labute approximate surface area is 211 Å². The fraction of sp³-hybridized carbons (Fsp3) is 0.560. The van der Waals surface area contributed by atoms with Gasteiger partial charge in [0.25, 0.3) is 11.1 Å². The second kappa shape index (κ2) is 10.8. The first-order valence-corrected chi connectivity index (χ1v) is 13.3. The minimum Gasteiger partial charge on any atom is -0.460 e. The highest BCUT2D eigenvalue weighted by Crippen LogP contribution is 2.31. The summed E-state index contributed by atoms with van der Waals surface area (Å²) < 4.78 is 43.7. The lowest BCUT2D eigenvalue weighted by Gasteiger charge is -2.30. The highest BCUT2D eigenvalue weighted by atomic mass is 32.1. The van der Waals surface area contributed by atoms with Gasteiger partial charge in [0, 0.05) is 36.6 Å². The Hall–Kier alpha value is -2.66. The Morgan fingerprint density at radius 1 is 1.17 bits per heavy atom. The van der Waals surface area contributed by atoms with Crippen LogP contribution in [0.4, 0.5) is 13.2 Å². The molecule has 1 aliphatic heterocycles. The lowest BCUT2D eigenvalue weighted by molar-refractivity contribution is -0.153. The molecule has 3 aromatic rings. The predicted molar refractivity (Wildman–Crippen MR) is 131 cm³/mol. The molecule has 0 aromatic carbocycles. The summed E-state index contributed by atoms with van der Waals surface area (Å²) in [6.45, 7) is 1.47. The van der Waals surface area contributed by atoms with Crippen LogP contribution in [0.2, 0.25) is 0 Å². The van der Waals surface area contributed by atoms with E-state index in [2.05, 4.69) is 20.3 Å². The fourth-order valence-electron chi connectivity index (χ4n) is 5.15. The van der Waals surface area contributed by atoms with Crippen LogP contribution in [0.3, 0.4) is 0 Å². The molecule has 1 saturated carbocycles. The van der Waals surface area contributed by atoms with Gasteiger partial charge < -0.3 is 15.0 Å². The van der Waals surface area contributed by atoms with E-state index in [0.29, 0.717) is 11.5 Å². The molecule has 1 fully saturated rings. The standard InChI is InChI=1S/C25H30F3N5O2S/c26-25(27,28)16-35-24-31-20-9-13-32(14-10-22(20)36-24)12-8-17-4-6-18(7-5-17)30-23(34)19-15-29-33-11-2-1-3-21(19)33/h1-3,11,15,17-18H,4-10,12-14,16H2,(H,30,34). The van der Waals surface area contributed by atoms with E-state index >= 15 is 0 Å². The third-order valence-electron chi connectivity index (χ3n) is 7.14. The molecule has 1 N–H and O–H groups in total. The maximum atomic E-state index is 12.8. The molecular weight excluding hydrogens is 491 g/mol. The molecule has 1 aliphatic carbocycles. The van der Waals surface area contributed by atoms with Crippen LogP contribution in [0.25, 0.3) is 5.52 Å². The molecule has 0 unspecified atom stereocenters. The van der Waals surface area contributed by atoms with E-state index in [-0.39, 0.29) is 17.1 Å². The molecule has 0 atom stereocenters. The summed E-state index contributed by atoms with van der Waals surface area (Å²) in [5.41, 5.74) is 2.30. The quantitative estimate of drug-likeness (QED) is 0.495. The number of carbonyl (C=O) groups is 1. The number of rotatable bonds is 7. The molecule has 0 spiro atoms. The maximum Gasteiger partial charge on any atom is 0.422 e. The first-order chi connectivity index (χ1) is 17.3. The van der Waals surface area contributed by atoms with Crippen LogP contribution in [0.5, 0.6) is 5.19 Å². The van der Waals surface area contributed by atoms with Crippen molar-refractivity contribution < 1.29 is 22.7 Å². The number of pyridine rings is 1. The number of hydrogen-bond donors (Lipinski definition) is 1. The van der Waals surface area contributed by atoms with E-state index in [0.717, 1.165) is 80.7 Å². The van der Waals surface area contributed by atoms with Crippen molar-refractivity contribution in [3.63, 3.8) is 0 Å². The summed E-state index contributed by atoms with van der Waals surface area (Å²) >= 11 is 1.24. The first-order valence-electron chi connectivity index (χ1n) is 12.5. The van der Waals surface area contributed by atoms with Gasteiger partial charge >= 0.3 is 6.18 Å². The van der Waals surface area contributed by atoms with Gasteiger partial charge in [0.15, 0.2) is 6.61 Å². The topological polar surface area (TPSA) is 71.8 Å². The van der Waals surface area contributed by atoms with Crippen molar-refractivity contribution in [2.75, 3.05) is 26.2 Å². The summed E-state index contributed by atoms with van der Waals surface area (Å²) in [4.78, 5) is 20.5. The summed E-state index contributed by atoms with van der Waals surface area (Å²) in [5, 5.41) is 7.57. The minimum absolute atomic E-state index is 0.0581. The highest BCUT2D eigenvalue weighted by Gasteiger charge is 2.30. The van der Waals surface area contributed by atoms with Crippen LogP contribution < -0.4 is 10.1 Å². The van der Waals surface area contributed by atoms with E-state index in [9.17, 15) is 18.0 Å². The van der Waals surface area contributed by atoms with E-state index in [1.165, 1.54) is 11.3 Å². The lowest BCUT2D eigenvalue weighted by Crippen LogP contribution is -2.38. The number of carbonyl (C=O) groups excluding carboxylic acids is 1. The number of ether oxygens (including phenoxy) is 1. The molecule has 2 aliphatic rings. The average molecular weight is 522 g/mol. The molecule has 11 heteroatoms. The fourth-order valence-corrected chi connectivity index (χ4v) is 6.09. The predicted octanol–water partition coefficient (Wildman–Crippen LogP) is 4.51. The van der Waals surface area contributed by atoms with Gasteiger partial charge in [-0.25, -0.2) is 9.50 Å². The number of halogens is 3. The molecule has 0 bridgehead atoms. The van der Waals surface area contributed by atoms with Gasteiger partial charge in [-0.1, -0.05) is 17.4 Å². The van der Waals surface area contributed by atoms with Gasteiger partial charge in [-0.2, -0.15) is 18.3 Å². The number of aromatic nitrogens is 3. The zero-order valence-corrected chi connectivity index (χ0v) is 20.8. The van der Waals surface area contributed by atoms with Gasteiger partial charge in [-0.15, -0.1) is 0 Å². The second-order valence-corrected chi connectivity index (χ2v) is 10.7. The smallest absolute Gasteiger partial charge is 0.422 e. The Balaban J connectivity index is 1.03. The van der Waals surface area contributed by atoms with E-state index < -0.39 is 12.8 Å². The molecule has 36 heavy (non-hydrogen) atoms. The maximum absolute atomic E-state index is 12.8. The van der Waals surface area contributed by atoms with Gasteiger partial charge in [0.1, 0.15) is 0 Å². The second-order valence-electron chi connectivity index (χ2n) is 9.66.